The summed E-state index contributed by atoms with van der Waals surface area (Å²) in [5.74, 6) is 2.53. The zero-order valence-corrected chi connectivity index (χ0v) is 19.0. The average molecular weight is 428 g/mol. The Morgan fingerprint density at radius 1 is 1.13 bits per heavy atom. The highest BCUT2D eigenvalue weighted by molar-refractivity contribution is 7.19. The van der Waals surface area contributed by atoms with Gasteiger partial charge in [-0.25, -0.2) is 9.97 Å². The number of rotatable bonds is 4. The van der Waals surface area contributed by atoms with Gasteiger partial charge in [0, 0.05) is 17.5 Å². The van der Waals surface area contributed by atoms with Crippen LogP contribution in [0, 0.1) is 11.8 Å². The Kier molecular flexibility index (Phi) is 5.44. The van der Waals surface area contributed by atoms with Crippen LogP contribution in [0.5, 0.6) is 0 Å². The molecule has 2 saturated heterocycles. The molecular weight excluding hydrogens is 394 g/mol. The van der Waals surface area contributed by atoms with Gasteiger partial charge in [-0.2, -0.15) is 0 Å². The van der Waals surface area contributed by atoms with E-state index in [1.807, 2.05) is 11.3 Å². The van der Waals surface area contributed by atoms with Gasteiger partial charge in [0.15, 0.2) is 0 Å². The molecule has 0 spiro atoms. The van der Waals surface area contributed by atoms with Crippen LogP contribution >= 0.6 is 11.3 Å². The number of hydrogen-bond donors (Lipinski definition) is 1. The van der Waals surface area contributed by atoms with Crippen LogP contribution in [0.1, 0.15) is 62.2 Å². The van der Waals surface area contributed by atoms with E-state index in [0.29, 0.717) is 12.6 Å². The minimum Gasteiger partial charge on any atom is -0.369 e. The van der Waals surface area contributed by atoms with Gasteiger partial charge in [0.05, 0.1) is 17.8 Å². The molecule has 0 bridgehead atoms. The molecule has 2 aromatic rings. The Labute approximate surface area is 182 Å². The summed E-state index contributed by atoms with van der Waals surface area (Å²) in [6.45, 7) is 8.35. The Morgan fingerprint density at radius 2 is 1.93 bits per heavy atom. The number of carbonyl (C=O) groups is 1. The minimum atomic E-state index is -0.185. The number of likely N-dealkylation sites (tertiary alicyclic amines) is 1. The second-order valence-electron chi connectivity index (χ2n) is 9.64. The highest BCUT2D eigenvalue weighted by Gasteiger charge is 2.33. The summed E-state index contributed by atoms with van der Waals surface area (Å²) in [4.78, 5) is 29.6. The second-order valence-corrected chi connectivity index (χ2v) is 10.7. The Balaban J connectivity index is 1.53. The van der Waals surface area contributed by atoms with E-state index < -0.39 is 0 Å². The molecule has 0 unspecified atom stereocenters. The molecule has 0 saturated carbocycles. The van der Waals surface area contributed by atoms with Crippen molar-refractivity contribution in [3.63, 3.8) is 0 Å². The van der Waals surface area contributed by atoms with Gasteiger partial charge in [-0.05, 0) is 76.4 Å². The van der Waals surface area contributed by atoms with Crippen molar-refractivity contribution in [2.75, 3.05) is 24.5 Å². The van der Waals surface area contributed by atoms with E-state index in [1.54, 1.807) is 0 Å². The smallest absolute Gasteiger partial charge is 0.222 e. The fourth-order valence-corrected chi connectivity index (χ4v) is 6.63. The molecule has 30 heavy (non-hydrogen) atoms. The highest BCUT2D eigenvalue weighted by Crippen LogP contribution is 2.42. The fraction of sp³-hybridized carbons (Fsp3) is 0.696. The number of aryl methyl sites for hydroxylation is 2. The lowest BCUT2D eigenvalue weighted by molar-refractivity contribution is -0.122. The van der Waals surface area contributed by atoms with Crippen molar-refractivity contribution >= 4 is 33.3 Å². The molecule has 3 aliphatic rings. The van der Waals surface area contributed by atoms with Gasteiger partial charge in [-0.1, -0.05) is 6.92 Å². The van der Waals surface area contributed by atoms with Crippen LogP contribution in [0.3, 0.4) is 0 Å². The number of nitrogens with two attached hydrogens (primary N) is 1. The Morgan fingerprint density at radius 3 is 2.70 bits per heavy atom. The molecular formula is C23H33N5OS. The van der Waals surface area contributed by atoms with E-state index >= 15 is 0 Å². The minimum absolute atomic E-state index is 0.0927. The summed E-state index contributed by atoms with van der Waals surface area (Å²) in [6.07, 6.45) is 7.87. The fourth-order valence-electron chi connectivity index (χ4n) is 5.35. The third-order valence-corrected chi connectivity index (χ3v) is 8.58. The predicted octanol–water partition coefficient (Wildman–Crippen LogP) is 3.50. The summed E-state index contributed by atoms with van der Waals surface area (Å²) in [7, 11) is 0. The highest BCUT2D eigenvalue weighted by atomic mass is 32.1. The molecule has 2 fully saturated rings. The quantitative estimate of drug-likeness (QED) is 0.808. The summed E-state index contributed by atoms with van der Waals surface area (Å²) in [5.41, 5.74) is 7.15. The monoisotopic (exact) mass is 427 g/mol. The molecule has 2 aromatic heterocycles. The number of piperidine rings is 2. The molecule has 162 valence electrons. The molecule has 1 aliphatic carbocycles. The molecule has 2 aliphatic heterocycles. The molecule has 4 heterocycles. The van der Waals surface area contributed by atoms with Gasteiger partial charge >= 0.3 is 0 Å². The number of carbonyl (C=O) groups excluding carboxylic acids is 1. The van der Waals surface area contributed by atoms with E-state index in [4.69, 9.17) is 15.7 Å². The van der Waals surface area contributed by atoms with Gasteiger partial charge in [-0.15, -0.1) is 11.3 Å². The molecule has 6 nitrogen and oxygen atoms in total. The third kappa shape index (κ3) is 3.71. The van der Waals surface area contributed by atoms with Gasteiger partial charge in [0.1, 0.15) is 16.5 Å². The molecule has 0 aromatic carbocycles. The number of thiophene rings is 1. The maximum absolute atomic E-state index is 12.0. The van der Waals surface area contributed by atoms with E-state index in [1.165, 1.54) is 35.1 Å². The predicted molar refractivity (Wildman–Crippen MR) is 122 cm³/mol. The van der Waals surface area contributed by atoms with Gasteiger partial charge < -0.3 is 10.6 Å². The normalized spacial score (nSPS) is 25.7. The van der Waals surface area contributed by atoms with Crippen molar-refractivity contribution in [2.45, 2.75) is 71.4 Å². The van der Waals surface area contributed by atoms with Gasteiger partial charge in [0.25, 0.3) is 0 Å². The van der Waals surface area contributed by atoms with Crippen molar-refractivity contribution in [1.82, 2.24) is 14.9 Å². The first-order valence-corrected chi connectivity index (χ1v) is 12.4. The van der Waals surface area contributed by atoms with E-state index in [9.17, 15) is 4.79 Å². The first kappa shape index (κ1) is 20.2. The maximum Gasteiger partial charge on any atom is 0.222 e. The number of anilines is 1. The topological polar surface area (TPSA) is 75.3 Å². The van der Waals surface area contributed by atoms with Crippen LogP contribution in [0.15, 0.2) is 0 Å². The van der Waals surface area contributed by atoms with Gasteiger partial charge in [0.2, 0.25) is 5.91 Å². The number of primary amides is 1. The Bertz CT molecular complexity index is 949. The lowest BCUT2D eigenvalue weighted by Crippen LogP contribution is -2.46. The summed E-state index contributed by atoms with van der Waals surface area (Å²) in [6, 6.07) is 0.360. The number of aromatic nitrogens is 2. The molecule has 5 rings (SSSR count). The third-order valence-electron chi connectivity index (χ3n) is 7.39. The van der Waals surface area contributed by atoms with Gasteiger partial charge in [-0.3, -0.25) is 9.69 Å². The largest absolute Gasteiger partial charge is 0.369 e. The van der Waals surface area contributed by atoms with Crippen LogP contribution in [0.2, 0.25) is 0 Å². The van der Waals surface area contributed by atoms with Crippen LogP contribution in [-0.2, 0) is 24.2 Å². The van der Waals surface area contributed by atoms with Crippen molar-refractivity contribution in [3.8, 4) is 0 Å². The standard InChI is InChI=1S/C23H33N5OS/c1-14-8-10-27(11-9-14)13-19-25-22(28-12-16(21(24)29)7-6-15(28)2)20-17-4-3-5-18(17)30-23(20)26-19/h14-16H,3-13H2,1-2H3,(H2,24,29)/t15-,16-/m1/s1. The van der Waals surface area contributed by atoms with Crippen LogP contribution in [0.4, 0.5) is 5.82 Å². The van der Waals surface area contributed by atoms with E-state index in [2.05, 4.69) is 23.6 Å². The Hall–Kier alpha value is -1.73. The van der Waals surface area contributed by atoms with Crippen molar-refractivity contribution in [1.29, 1.82) is 0 Å². The second kappa shape index (κ2) is 8.08. The van der Waals surface area contributed by atoms with Crippen molar-refractivity contribution in [3.05, 3.63) is 16.3 Å². The first-order valence-electron chi connectivity index (χ1n) is 11.6. The number of hydrogen-bond acceptors (Lipinski definition) is 6. The summed E-state index contributed by atoms with van der Waals surface area (Å²) in [5, 5.41) is 1.25. The van der Waals surface area contributed by atoms with Crippen molar-refractivity contribution < 1.29 is 4.79 Å². The van der Waals surface area contributed by atoms with Crippen LogP contribution in [-0.4, -0.2) is 46.5 Å². The molecule has 7 heteroatoms. The number of amides is 1. The van der Waals surface area contributed by atoms with Crippen LogP contribution < -0.4 is 10.6 Å². The number of fused-ring (bicyclic) bond motifs is 3. The van der Waals surface area contributed by atoms with Crippen LogP contribution in [0.25, 0.3) is 10.2 Å². The first-order chi connectivity index (χ1) is 14.5. The SMILES string of the molecule is CC1CCN(Cc2nc(N3C[C@H](C(N)=O)CC[C@H]3C)c3c4c(sc3n2)CCC4)CC1. The summed E-state index contributed by atoms with van der Waals surface area (Å²) < 4.78 is 0. The molecule has 1 amide bonds. The molecule has 0 radical (unpaired) electrons. The molecule has 2 atom stereocenters. The average Bonchev–Trinajstić information content (AvgIpc) is 3.30. The number of nitrogens with zero attached hydrogens (tertiary/aromatic N) is 4. The maximum atomic E-state index is 12.0. The zero-order valence-electron chi connectivity index (χ0n) is 18.2. The van der Waals surface area contributed by atoms with E-state index in [-0.39, 0.29) is 11.8 Å². The van der Waals surface area contributed by atoms with Crippen molar-refractivity contribution in [2.24, 2.45) is 17.6 Å². The van der Waals surface area contributed by atoms with E-state index in [0.717, 1.165) is 67.7 Å². The molecule has 2 N–H and O–H groups in total. The lowest BCUT2D eigenvalue weighted by atomic mass is 9.92. The lowest BCUT2D eigenvalue weighted by Gasteiger charge is -2.38. The zero-order chi connectivity index (χ0) is 20.8. The summed E-state index contributed by atoms with van der Waals surface area (Å²) >= 11 is 1.86.